The highest BCUT2D eigenvalue weighted by Crippen LogP contribution is 2.27. The Bertz CT molecular complexity index is 1130. The standard InChI is InChI=1S/C18H18N4O3S/c1-26(24,25)21-7-6-14-13(11-21)9-20-10-15(14)18(23)22-8-5-12-3-2-4-16(19)17(12)22/h2-5,8-10H,6-7,11,19H2,1H3. The van der Waals surface area contributed by atoms with E-state index in [9.17, 15) is 13.2 Å². The number of nitrogens with two attached hydrogens (primary N) is 1. The van der Waals surface area contributed by atoms with Crippen molar-refractivity contribution in [1.82, 2.24) is 13.9 Å². The van der Waals surface area contributed by atoms with Crippen LogP contribution in [0.1, 0.15) is 21.5 Å². The fourth-order valence-electron chi connectivity index (χ4n) is 3.46. The zero-order chi connectivity index (χ0) is 18.5. The smallest absolute Gasteiger partial charge is 0.264 e. The average molecular weight is 370 g/mol. The lowest BCUT2D eigenvalue weighted by Crippen LogP contribution is -2.36. The normalized spacial score (nSPS) is 15.1. The van der Waals surface area contributed by atoms with Gasteiger partial charge in [0.1, 0.15) is 0 Å². The first-order chi connectivity index (χ1) is 12.4. The number of para-hydroxylation sites is 1. The second-order valence-corrected chi connectivity index (χ2v) is 8.43. The number of fused-ring (bicyclic) bond motifs is 2. The molecule has 26 heavy (non-hydrogen) atoms. The number of hydrogen-bond acceptors (Lipinski definition) is 5. The SMILES string of the molecule is CS(=O)(=O)N1CCc2c(cncc2C(=O)n2ccc3cccc(N)c32)C1. The van der Waals surface area contributed by atoms with Crippen molar-refractivity contribution in [2.45, 2.75) is 13.0 Å². The van der Waals surface area contributed by atoms with Crippen LogP contribution in [0.5, 0.6) is 0 Å². The summed E-state index contributed by atoms with van der Waals surface area (Å²) in [5, 5.41) is 0.888. The summed E-state index contributed by atoms with van der Waals surface area (Å²) in [7, 11) is -3.28. The maximum atomic E-state index is 13.2. The van der Waals surface area contributed by atoms with E-state index in [0.717, 1.165) is 16.5 Å². The van der Waals surface area contributed by atoms with E-state index in [1.54, 1.807) is 24.7 Å². The molecule has 4 rings (SSSR count). The van der Waals surface area contributed by atoms with Crippen LogP contribution in [0.25, 0.3) is 10.9 Å². The van der Waals surface area contributed by atoms with Gasteiger partial charge in [-0.3, -0.25) is 14.3 Å². The Labute approximate surface area is 151 Å². The maximum Gasteiger partial charge on any atom is 0.264 e. The summed E-state index contributed by atoms with van der Waals surface area (Å²) >= 11 is 0. The number of rotatable bonds is 2. The predicted molar refractivity (Wildman–Crippen MR) is 99.3 cm³/mol. The summed E-state index contributed by atoms with van der Waals surface area (Å²) in [6, 6.07) is 7.35. The summed E-state index contributed by atoms with van der Waals surface area (Å²) in [5.41, 5.74) is 9.35. The van der Waals surface area contributed by atoms with Crippen molar-refractivity contribution in [1.29, 1.82) is 0 Å². The molecule has 3 aromatic rings. The van der Waals surface area contributed by atoms with Crippen molar-refractivity contribution in [2.75, 3.05) is 18.5 Å². The summed E-state index contributed by atoms with van der Waals surface area (Å²) in [5.74, 6) is -0.213. The number of benzene rings is 1. The molecule has 0 radical (unpaired) electrons. The zero-order valence-electron chi connectivity index (χ0n) is 14.2. The molecule has 1 aliphatic rings. The molecule has 8 heteroatoms. The lowest BCUT2D eigenvalue weighted by molar-refractivity contribution is 0.0963. The van der Waals surface area contributed by atoms with Gasteiger partial charge in [-0.25, -0.2) is 8.42 Å². The van der Waals surface area contributed by atoms with E-state index < -0.39 is 10.0 Å². The van der Waals surface area contributed by atoms with E-state index in [1.165, 1.54) is 15.1 Å². The third-order valence-electron chi connectivity index (χ3n) is 4.77. The number of nitrogens with zero attached hydrogens (tertiary/aromatic N) is 3. The van der Waals surface area contributed by atoms with Gasteiger partial charge in [0.15, 0.2) is 0 Å². The molecule has 7 nitrogen and oxygen atoms in total. The number of anilines is 1. The minimum Gasteiger partial charge on any atom is -0.397 e. The van der Waals surface area contributed by atoms with Gasteiger partial charge in [0.05, 0.1) is 23.0 Å². The molecule has 134 valence electrons. The van der Waals surface area contributed by atoms with Crippen LogP contribution < -0.4 is 5.73 Å². The van der Waals surface area contributed by atoms with Gasteiger partial charge in [0, 0.05) is 37.1 Å². The molecule has 0 saturated carbocycles. The molecule has 1 aromatic carbocycles. The Morgan fingerprint density at radius 3 is 2.81 bits per heavy atom. The third kappa shape index (κ3) is 2.67. The fourth-order valence-corrected chi connectivity index (χ4v) is 4.25. The van der Waals surface area contributed by atoms with Gasteiger partial charge in [-0.05, 0) is 29.7 Å². The van der Waals surface area contributed by atoms with Crippen LogP contribution >= 0.6 is 0 Å². The summed E-state index contributed by atoms with van der Waals surface area (Å²) in [4.78, 5) is 17.3. The van der Waals surface area contributed by atoms with Crippen LogP contribution in [0.2, 0.25) is 0 Å². The first-order valence-corrected chi connectivity index (χ1v) is 10.0. The van der Waals surface area contributed by atoms with Gasteiger partial charge < -0.3 is 5.73 Å². The molecule has 0 fully saturated rings. The minimum atomic E-state index is -3.28. The average Bonchev–Trinajstić information content (AvgIpc) is 3.05. The Kier molecular flexibility index (Phi) is 3.82. The van der Waals surface area contributed by atoms with Gasteiger partial charge >= 0.3 is 0 Å². The Morgan fingerprint density at radius 1 is 1.23 bits per heavy atom. The first-order valence-electron chi connectivity index (χ1n) is 8.17. The molecule has 0 aliphatic carbocycles. The van der Waals surface area contributed by atoms with Crippen LogP contribution in [0.15, 0.2) is 42.9 Å². The van der Waals surface area contributed by atoms with Crippen LogP contribution in [0.4, 0.5) is 5.69 Å². The highest BCUT2D eigenvalue weighted by Gasteiger charge is 2.27. The molecule has 2 aromatic heterocycles. The van der Waals surface area contributed by atoms with Gasteiger partial charge in [0.25, 0.3) is 5.91 Å². The lowest BCUT2D eigenvalue weighted by Gasteiger charge is -2.27. The lowest BCUT2D eigenvalue weighted by atomic mass is 9.98. The summed E-state index contributed by atoms with van der Waals surface area (Å²) < 4.78 is 26.5. The summed E-state index contributed by atoms with van der Waals surface area (Å²) in [6.07, 6.45) is 6.54. The third-order valence-corrected chi connectivity index (χ3v) is 6.02. The van der Waals surface area contributed by atoms with Crippen molar-refractivity contribution >= 4 is 32.5 Å². The number of pyridine rings is 1. The number of hydrogen-bond donors (Lipinski definition) is 1. The number of sulfonamides is 1. The largest absolute Gasteiger partial charge is 0.397 e. The Hall–Kier alpha value is -2.71. The quantitative estimate of drug-likeness (QED) is 0.691. The molecule has 0 amide bonds. The maximum absolute atomic E-state index is 13.2. The molecular formula is C18H18N4O3S. The highest BCUT2D eigenvalue weighted by molar-refractivity contribution is 7.88. The number of aromatic nitrogens is 2. The number of carbonyl (C=O) groups excluding carboxylic acids is 1. The number of carbonyl (C=O) groups is 1. The second kappa shape index (κ2) is 5.93. The molecule has 0 bridgehead atoms. The van der Waals surface area contributed by atoms with E-state index in [4.69, 9.17) is 5.73 Å². The van der Waals surface area contributed by atoms with Crippen LogP contribution in [0, 0.1) is 0 Å². The molecule has 1 aliphatic heterocycles. The minimum absolute atomic E-state index is 0.213. The molecule has 2 N–H and O–H groups in total. The van der Waals surface area contributed by atoms with E-state index in [0.29, 0.717) is 29.7 Å². The van der Waals surface area contributed by atoms with Crippen LogP contribution in [-0.2, 0) is 23.0 Å². The highest BCUT2D eigenvalue weighted by atomic mass is 32.2. The zero-order valence-corrected chi connectivity index (χ0v) is 15.0. The molecule has 0 unspecified atom stereocenters. The second-order valence-electron chi connectivity index (χ2n) is 6.45. The van der Waals surface area contributed by atoms with Crippen molar-refractivity contribution in [3.63, 3.8) is 0 Å². The van der Waals surface area contributed by atoms with Crippen molar-refractivity contribution in [2.24, 2.45) is 0 Å². The summed E-state index contributed by atoms with van der Waals surface area (Å²) in [6.45, 7) is 0.585. The van der Waals surface area contributed by atoms with Gasteiger partial charge in [-0.1, -0.05) is 12.1 Å². The number of nitrogen functional groups attached to an aromatic ring is 1. The van der Waals surface area contributed by atoms with Crippen molar-refractivity contribution in [3.8, 4) is 0 Å². The molecular weight excluding hydrogens is 352 g/mol. The Morgan fingerprint density at radius 2 is 2.04 bits per heavy atom. The van der Waals surface area contributed by atoms with Gasteiger partial charge in [-0.15, -0.1) is 0 Å². The molecule has 0 atom stereocenters. The molecule has 3 heterocycles. The van der Waals surface area contributed by atoms with Crippen LogP contribution in [-0.4, -0.2) is 41.0 Å². The predicted octanol–water partition coefficient (Wildman–Crippen LogP) is 1.62. The van der Waals surface area contributed by atoms with Crippen molar-refractivity contribution in [3.05, 3.63) is 59.5 Å². The fraction of sp³-hybridized carbons (Fsp3) is 0.222. The van der Waals surface area contributed by atoms with Gasteiger partial charge in [-0.2, -0.15) is 4.31 Å². The van der Waals surface area contributed by atoms with Crippen LogP contribution in [0.3, 0.4) is 0 Å². The van der Waals surface area contributed by atoms with Crippen molar-refractivity contribution < 1.29 is 13.2 Å². The van der Waals surface area contributed by atoms with Gasteiger partial charge in [0.2, 0.25) is 10.0 Å². The topological polar surface area (TPSA) is 98.3 Å². The molecule has 0 saturated heterocycles. The first kappa shape index (κ1) is 16.7. The molecule has 0 spiro atoms. The Balaban J connectivity index is 1.79. The van der Waals surface area contributed by atoms with E-state index >= 15 is 0 Å². The van der Waals surface area contributed by atoms with E-state index in [2.05, 4.69) is 4.98 Å². The monoisotopic (exact) mass is 370 g/mol. The van der Waals surface area contributed by atoms with E-state index in [-0.39, 0.29) is 12.5 Å². The van der Waals surface area contributed by atoms with E-state index in [1.807, 2.05) is 18.2 Å².